The Balaban J connectivity index is 1.95. The maximum Gasteiger partial charge on any atom is 0.162 e. The summed E-state index contributed by atoms with van der Waals surface area (Å²) >= 11 is 6.25. The zero-order valence-electron chi connectivity index (χ0n) is 13.9. The van der Waals surface area contributed by atoms with Gasteiger partial charge in [-0.1, -0.05) is 29.8 Å². The highest BCUT2D eigenvalue weighted by atomic mass is 35.5. The van der Waals surface area contributed by atoms with Crippen LogP contribution in [0.3, 0.4) is 0 Å². The Morgan fingerprint density at radius 1 is 1.27 bits per heavy atom. The number of nitrogens with one attached hydrogen (secondary N) is 1. The van der Waals surface area contributed by atoms with E-state index in [0.29, 0.717) is 45.8 Å². The summed E-state index contributed by atoms with van der Waals surface area (Å²) in [6.07, 6.45) is 0.900. The molecule has 0 aliphatic heterocycles. The van der Waals surface area contributed by atoms with Gasteiger partial charge in [-0.3, -0.25) is 4.79 Å². The molecule has 3 N–H and O–H groups in total. The van der Waals surface area contributed by atoms with Crippen molar-refractivity contribution >= 4 is 23.1 Å². The number of benzene rings is 2. The van der Waals surface area contributed by atoms with Gasteiger partial charge in [-0.2, -0.15) is 5.26 Å². The van der Waals surface area contributed by atoms with E-state index in [2.05, 4.69) is 5.32 Å². The van der Waals surface area contributed by atoms with Crippen molar-refractivity contribution < 1.29 is 9.18 Å². The minimum absolute atomic E-state index is 0.0397. The van der Waals surface area contributed by atoms with Crippen LogP contribution in [0.4, 0.5) is 10.1 Å². The van der Waals surface area contributed by atoms with E-state index in [1.807, 2.05) is 12.1 Å². The molecule has 2 aromatic rings. The number of rotatable bonds is 5. The van der Waals surface area contributed by atoms with E-state index < -0.39 is 12.7 Å². The third-order valence-corrected chi connectivity index (χ3v) is 4.71. The van der Waals surface area contributed by atoms with Crippen LogP contribution in [0.1, 0.15) is 35.6 Å². The first kappa shape index (κ1) is 18.1. The topological polar surface area (TPSA) is 78.9 Å². The van der Waals surface area contributed by atoms with Gasteiger partial charge in [-0.05, 0) is 41.8 Å². The van der Waals surface area contributed by atoms with Gasteiger partial charge in [0, 0.05) is 28.4 Å². The molecule has 0 amide bonds. The predicted octanol–water partition coefficient (Wildman–Crippen LogP) is 4.41. The molecule has 6 heteroatoms. The molecule has 0 saturated carbocycles. The lowest BCUT2D eigenvalue weighted by molar-refractivity contribution is -0.115. The molecule has 0 bridgehead atoms. The van der Waals surface area contributed by atoms with Crippen molar-refractivity contribution in [1.82, 2.24) is 0 Å². The Morgan fingerprint density at radius 3 is 2.77 bits per heavy atom. The first-order chi connectivity index (χ1) is 12.5. The SMILES string of the molecule is N#Cc1ccc(C(N)C2=C(Nc3cccc(CF)c3)CCC2=O)c(Cl)c1. The summed E-state index contributed by atoms with van der Waals surface area (Å²) in [5.74, 6) is -0.0397. The Labute approximate surface area is 156 Å². The molecule has 0 fully saturated rings. The van der Waals surface area contributed by atoms with Crippen molar-refractivity contribution in [2.24, 2.45) is 5.73 Å². The number of allylic oxidation sites excluding steroid dienone is 1. The number of alkyl halides is 1. The summed E-state index contributed by atoms with van der Waals surface area (Å²) in [5, 5.41) is 12.5. The van der Waals surface area contributed by atoms with E-state index in [9.17, 15) is 9.18 Å². The summed E-state index contributed by atoms with van der Waals surface area (Å²) in [6, 6.07) is 13.1. The summed E-state index contributed by atoms with van der Waals surface area (Å²) in [7, 11) is 0. The number of nitriles is 1. The second kappa shape index (κ2) is 7.69. The van der Waals surface area contributed by atoms with Gasteiger partial charge in [0.05, 0.1) is 17.7 Å². The molecular weight excluding hydrogens is 353 g/mol. The summed E-state index contributed by atoms with van der Waals surface area (Å²) in [4.78, 5) is 12.4. The number of ketones is 1. The number of nitrogens with two attached hydrogens (primary N) is 1. The standard InChI is InChI=1S/C20H17ClFN3O/c21-16-9-13(11-23)4-5-15(16)20(24)19-17(6-7-18(19)26)25-14-3-1-2-12(8-14)10-22/h1-5,8-9,20,25H,6-7,10,24H2. The normalized spacial score (nSPS) is 15.1. The maximum absolute atomic E-state index is 12.9. The van der Waals surface area contributed by atoms with E-state index in [-0.39, 0.29) is 5.78 Å². The molecule has 4 nitrogen and oxygen atoms in total. The van der Waals surface area contributed by atoms with Crippen molar-refractivity contribution in [2.45, 2.75) is 25.6 Å². The molecule has 2 aromatic carbocycles. The van der Waals surface area contributed by atoms with Gasteiger partial charge >= 0.3 is 0 Å². The fraction of sp³-hybridized carbons (Fsp3) is 0.200. The molecule has 26 heavy (non-hydrogen) atoms. The summed E-state index contributed by atoms with van der Waals surface area (Å²) in [5.41, 5.74) is 9.82. The van der Waals surface area contributed by atoms with Crippen molar-refractivity contribution in [3.63, 3.8) is 0 Å². The molecule has 1 atom stereocenters. The van der Waals surface area contributed by atoms with Gasteiger partial charge in [0.2, 0.25) is 0 Å². The summed E-state index contributed by atoms with van der Waals surface area (Å²) in [6.45, 7) is -0.555. The lowest BCUT2D eigenvalue weighted by Gasteiger charge is -2.18. The quantitative estimate of drug-likeness (QED) is 0.818. The van der Waals surface area contributed by atoms with E-state index in [4.69, 9.17) is 22.6 Å². The van der Waals surface area contributed by atoms with Crippen LogP contribution >= 0.6 is 11.6 Å². The molecule has 1 aliphatic carbocycles. The van der Waals surface area contributed by atoms with Crippen LogP contribution in [0, 0.1) is 11.3 Å². The van der Waals surface area contributed by atoms with Crippen molar-refractivity contribution in [3.8, 4) is 6.07 Å². The molecule has 1 unspecified atom stereocenters. The minimum Gasteiger partial charge on any atom is -0.358 e. The second-order valence-electron chi connectivity index (χ2n) is 6.10. The monoisotopic (exact) mass is 369 g/mol. The first-order valence-corrected chi connectivity index (χ1v) is 8.54. The van der Waals surface area contributed by atoms with E-state index in [1.54, 1.807) is 30.3 Å². The zero-order chi connectivity index (χ0) is 18.7. The van der Waals surface area contributed by atoms with Crippen LogP contribution in [0.25, 0.3) is 0 Å². The smallest absolute Gasteiger partial charge is 0.162 e. The van der Waals surface area contributed by atoms with Crippen molar-refractivity contribution in [1.29, 1.82) is 5.26 Å². The third kappa shape index (κ3) is 3.62. The van der Waals surface area contributed by atoms with Crippen LogP contribution in [-0.2, 0) is 11.5 Å². The van der Waals surface area contributed by atoms with E-state index >= 15 is 0 Å². The lowest BCUT2D eigenvalue weighted by Crippen LogP contribution is -2.19. The first-order valence-electron chi connectivity index (χ1n) is 8.16. The summed E-state index contributed by atoms with van der Waals surface area (Å²) < 4.78 is 12.9. The Kier molecular flexibility index (Phi) is 5.36. The molecule has 0 spiro atoms. The van der Waals surface area contributed by atoms with Crippen LogP contribution in [0.15, 0.2) is 53.7 Å². The number of nitrogens with zero attached hydrogens (tertiary/aromatic N) is 1. The minimum atomic E-state index is -0.697. The molecular formula is C20H17ClFN3O. The van der Waals surface area contributed by atoms with Gasteiger partial charge in [-0.15, -0.1) is 0 Å². The number of carbonyl (C=O) groups excluding carboxylic acids is 1. The average molecular weight is 370 g/mol. The number of hydrogen-bond acceptors (Lipinski definition) is 4. The fourth-order valence-corrected chi connectivity index (χ4v) is 3.38. The molecule has 0 radical (unpaired) electrons. The molecule has 0 aromatic heterocycles. The number of halogens is 2. The zero-order valence-corrected chi connectivity index (χ0v) is 14.7. The number of carbonyl (C=O) groups is 1. The van der Waals surface area contributed by atoms with Gasteiger partial charge in [0.25, 0.3) is 0 Å². The van der Waals surface area contributed by atoms with Gasteiger partial charge < -0.3 is 11.1 Å². The largest absolute Gasteiger partial charge is 0.358 e. The molecule has 0 heterocycles. The molecule has 132 valence electrons. The number of Topliss-reactive ketones (excluding diaryl/α,β-unsaturated/α-hetero) is 1. The van der Waals surface area contributed by atoms with Gasteiger partial charge in [0.15, 0.2) is 5.78 Å². The van der Waals surface area contributed by atoms with E-state index in [0.717, 1.165) is 5.70 Å². The second-order valence-corrected chi connectivity index (χ2v) is 6.51. The van der Waals surface area contributed by atoms with Crippen molar-refractivity contribution in [2.75, 3.05) is 5.32 Å². The Hall–Kier alpha value is -2.68. The molecule has 3 rings (SSSR count). The Bertz CT molecular complexity index is 933. The maximum atomic E-state index is 12.9. The van der Waals surface area contributed by atoms with Gasteiger partial charge in [-0.25, -0.2) is 4.39 Å². The van der Waals surface area contributed by atoms with Gasteiger partial charge in [0.1, 0.15) is 6.67 Å². The lowest BCUT2D eigenvalue weighted by atomic mass is 9.96. The van der Waals surface area contributed by atoms with Crippen LogP contribution in [0.2, 0.25) is 5.02 Å². The average Bonchev–Trinajstić information content (AvgIpc) is 3.01. The number of anilines is 1. The van der Waals surface area contributed by atoms with Crippen LogP contribution in [-0.4, -0.2) is 5.78 Å². The highest BCUT2D eigenvalue weighted by molar-refractivity contribution is 6.31. The van der Waals surface area contributed by atoms with Crippen LogP contribution in [0.5, 0.6) is 0 Å². The van der Waals surface area contributed by atoms with Crippen molar-refractivity contribution in [3.05, 3.63) is 75.4 Å². The highest BCUT2D eigenvalue weighted by Crippen LogP contribution is 2.35. The van der Waals surface area contributed by atoms with Crippen LogP contribution < -0.4 is 11.1 Å². The highest BCUT2D eigenvalue weighted by Gasteiger charge is 2.30. The number of hydrogen-bond donors (Lipinski definition) is 2. The third-order valence-electron chi connectivity index (χ3n) is 4.38. The predicted molar refractivity (Wildman–Crippen MR) is 99.2 cm³/mol. The Morgan fingerprint density at radius 2 is 2.08 bits per heavy atom. The molecule has 1 aliphatic rings. The molecule has 0 saturated heterocycles. The van der Waals surface area contributed by atoms with E-state index in [1.165, 1.54) is 6.07 Å². The fourth-order valence-electron chi connectivity index (χ4n) is 3.08.